The number of anilines is 1. The van der Waals surface area contributed by atoms with Gasteiger partial charge < -0.3 is 14.4 Å². The minimum atomic E-state index is 0.344. The average Bonchev–Trinajstić information content (AvgIpc) is 3.61. The van der Waals surface area contributed by atoms with Crippen LogP contribution in [0.25, 0.3) is 16.6 Å². The van der Waals surface area contributed by atoms with Gasteiger partial charge in [0.2, 0.25) is 0 Å². The SMILES string of the molecule is COc1ccc(CN2CCN(c3ccc(-c4cc(OCCN5CC6CCC(=O)CC5C6)cn5ncc(C#N)c45)cn3)CC2)cc1. The molecule has 0 spiro atoms. The monoisotopic (exact) mass is 605 g/mol. The fourth-order valence-electron chi connectivity index (χ4n) is 7.13. The van der Waals surface area contributed by atoms with Crippen molar-refractivity contribution in [3.05, 3.63) is 72.2 Å². The number of aromatic nitrogens is 3. The highest BCUT2D eigenvalue weighted by Crippen LogP contribution is 2.34. The molecule has 1 aliphatic carbocycles. The van der Waals surface area contributed by atoms with Crippen LogP contribution in [-0.4, -0.2) is 89.2 Å². The molecule has 10 heteroatoms. The van der Waals surface area contributed by atoms with Gasteiger partial charge in [0, 0.05) is 82.0 Å². The third kappa shape index (κ3) is 6.37. The number of carbonyl (C=O) groups excluding carboxylic acids is 1. The standard InChI is InChI=1S/C35H39N7O3/c1-44-31-7-3-25(4-8-31)22-39-10-12-40(13-11-39)34-9-5-27(20-37-34)33-18-32(24-42-35(33)28(19-36)21-38-42)45-15-14-41-23-26-2-6-30(43)17-29(41)16-26/h3-5,7-9,18,20-21,24,26,29H,2,6,10-17,22-23H2,1H3. The molecule has 10 nitrogen and oxygen atoms in total. The lowest BCUT2D eigenvalue weighted by atomic mass is 10.0. The van der Waals surface area contributed by atoms with Crippen LogP contribution in [0.1, 0.15) is 36.8 Å². The molecule has 2 saturated heterocycles. The molecule has 0 N–H and O–H groups in total. The Bertz CT molecular complexity index is 1690. The molecule has 232 valence electrons. The number of carbonyl (C=O) groups is 1. The number of likely N-dealkylation sites (tertiary alicyclic amines) is 1. The number of nitriles is 1. The molecule has 1 saturated carbocycles. The first kappa shape index (κ1) is 29.3. The van der Waals surface area contributed by atoms with Gasteiger partial charge in [-0.2, -0.15) is 10.4 Å². The van der Waals surface area contributed by atoms with Crippen LogP contribution in [0.3, 0.4) is 0 Å². The van der Waals surface area contributed by atoms with Crippen molar-refractivity contribution in [2.75, 3.05) is 57.9 Å². The number of ether oxygens (including phenoxy) is 2. The maximum absolute atomic E-state index is 12.1. The molecule has 5 heterocycles. The number of methoxy groups -OCH3 is 1. The first-order valence-corrected chi connectivity index (χ1v) is 15.9. The van der Waals surface area contributed by atoms with Gasteiger partial charge in [0.25, 0.3) is 0 Å². The van der Waals surface area contributed by atoms with Crippen molar-refractivity contribution in [1.82, 2.24) is 24.4 Å². The van der Waals surface area contributed by atoms with Gasteiger partial charge in [0.05, 0.1) is 30.6 Å². The molecule has 3 fully saturated rings. The van der Waals surface area contributed by atoms with Crippen molar-refractivity contribution in [3.63, 3.8) is 0 Å². The Labute approximate surface area is 263 Å². The number of piperazine rings is 1. The predicted molar refractivity (Wildman–Crippen MR) is 171 cm³/mol. The highest BCUT2D eigenvalue weighted by molar-refractivity contribution is 5.85. The van der Waals surface area contributed by atoms with Crippen LogP contribution >= 0.6 is 0 Å². The minimum absolute atomic E-state index is 0.344. The van der Waals surface area contributed by atoms with Crippen molar-refractivity contribution < 1.29 is 14.3 Å². The van der Waals surface area contributed by atoms with Crippen molar-refractivity contribution in [2.45, 2.75) is 38.3 Å². The van der Waals surface area contributed by atoms with Crippen LogP contribution in [0, 0.1) is 17.2 Å². The number of ketones is 1. The maximum atomic E-state index is 12.1. The quantitative estimate of drug-likeness (QED) is 0.275. The zero-order chi connectivity index (χ0) is 30.8. The summed E-state index contributed by atoms with van der Waals surface area (Å²) >= 11 is 0. The van der Waals surface area contributed by atoms with E-state index in [-0.39, 0.29) is 0 Å². The van der Waals surface area contributed by atoms with Crippen LogP contribution in [0.5, 0.6) is 11.5 Å². The van der Waals surface area contributed by atoms with E-state index < -0.39 is 0 Å². The minimum Gasteiger partial charge on any atom is -0.497 e. The predicted octanol–water partition coefficient (Wildman–Crippen LogP) is 4.42. The van der Waals surface area contributed by atoms with Gasteiger partial charge in [-0.15, -0.1) is 0 Å². The summed E-state index contributed by atoms with van der Waals surface area (Å²) in [5.74, 6) is 3.53. The van der Waals surface area contributed by atoms with E-state index in [2.05, 4.69) is 50.1 Å². The summed E-state index contributed by atoms with van der Waals surface area (Å²) in [4.78, 5) is 24.2. The van der Waals surface area contributed by atoms with Gasteiger partial charge in [0.1, 0.15) is 35.8 Å². The molecule has 2 atom stereocenters. The van der Waals surface area contributed by atoms with Gasteiger partial charge in [-0.1, -0.05) is 12.1 Å². The Hall–Kier alpha value is -4.46. The summed E-state index contributed by atoms with van der Waals surface area (Å²) in [6.07, 6.45) is 8.86. The van der Waals surface area contributed by atoms with E-state index in [1.807, 2.05) is 30.6 Å². The van der Waals surface area contributed by atoms with E-state index in [1.165, 1.54) is 5.56 Å². The maximum Gasteiger partial charge on any atom is 0.138 e. The molecule has 3 aromatic heterocycles. The van der Waals surface area contributed by atoms with Crippen LogP contribution < -0.4 is 14.4 Å². The van der Waals surface area contributed by atoms with E-state index >= 15 is 0 Å². The first-order valence-electron chi connectivity index (χ1n) is 15.9. The molecule has 2 bridgehead atoms. The van der Waals surface area contributed by atoms with Crippen molar-refractivity contribution in [3.8, 4) is 28.7 Å². The zero-order valence-corrected chi connectivity index (χ0v) is 25.8. The molecule has 3 aliphatic rings. The summed E-state index contributed by atoms with van der Waals surface area (Å²) in [5.41, 5.74) is 4.32. The van der Waals surface area contributed by atoms with E-state index in [4.69, 9.17) is 14.5 Å². The van der Waals surface area contributed by atoms with Gasteiger partial charge >= 0.3 is 0 Å². The van der Waals surface area contributed by atoms with Gasteiger partial charge in [-0.05, 0) is 54.7 Å². The number of nitrogens with zero attached hydrogens (tertiary/aromatic N) is 7. The summed E-state index contributed by atoms with van der Waals surface area (Å²) in [5, 5.41) is 14.2. The lowest BCUT2D eigenvalue weighted by Crippen LogP contribution is -2.46. The molecule has 4 aromatic rings. The van der Waals surface area contributed by atoms with Gasteiger partial charge in [-0.3, -0.25) is 14.6 Å². The average molecular weight is 606 g/mol. The van der Waals surface area contributed by atoms with E-state index in [0.717, 1.165) is 93.3 Å². The Morgan fingerprint density at radius 3 is 2.64 bits per heavy atom. The Kier molecular flexibility index (Phi) is 8.37. The second kappa shape index (κ2) is 12.9. The lowest BCUT2D eigenvalue weighted by Gasteiger charge is -2.35. The molecular formula is C35H39N7O3. The van der Waals surface area contributed by atoms with Crippen molar-refractivity contribution in [2.24, 2.45) is 5.92 Å². The summed E-state index contributed by atoms with van der Waals surface area (Å²) < 4.78 is 13.3. The van der Waals surface area contributed by atoms with E-state index in [0.29, 0.717) is 42.1 Å². The number of hydrogen-bond donors (Lipinski definition) is 0. The first-order chi connectivity index (χ1) is 22.1. The fraction of sp³-hybridized carbons (Fsp3) is 0.429. The van der Waals surface area contributed by atoms with Gasteiger partial charge in [0.15, 0.2) is 0 Å². The molecule has 0 amide bonds. The molecule has 0 radical (unpaired) electrons. The Morgan fingerprint density at radius 1 is 1.04 bits per heavy atom. The Morgan fingerprint density at radius 2 is 1.89 bits per heavy atom. The third-order valence-electron chi connectivity index (χ3n) is 9.58. The lowest BCUT2D eigenvalue weighted by molar-refractivity contribution is -0.120. The van der Waals surface area contributed by atoms with Crippen LogP contribution in [-0.2, 0) is 11.3 Å². The number of hydrogen-bond acceptors (Lipinski definition) is 9. The number of pyridine rings is 2. The van der Waals surface area contributed by atoms with Crippen molar-refractivity contribution >= 4 is 17.1 Å². The topological polar surface area (TPSA) is 99.2 Å². The van der Waals surface area contributed by atoms with Gasteiger partial charge in [-0.25, -0.2) is 9.50 Å². The molecular weight excluding hydrogens is 566 g/mol. The van der Waals surface area contributed by atoms with Crippen LogP contribution in [0.15, 0.2) is 61.1 Å². The fourth-order valence-corrected chi connectivity index (χ4v) is 7.13. The molecule has 2 unspecified atom stereocenters. The third-order valence-corrected chi connectivity index (χ3v) is 9.58. The number of Topliss-reactive ketones (excluding diaryl/α,β-unsaturated/α-hetero) is 1. The van der Waals surface area contributed by atoms with Crippen LogP contribution in [0.4, 0.5) is 5.82 Å². The molecule has 45 heavy (non-hydrogen) atoms. The number of rotatable bonds is 9. The zero-order valence-electron chi connectivity index (χ0n) is 25.8. The number of fused-ring (bicyclic) bond motifs is 3. The van der Waals surface area contributed by atoms with Crippen LogP contribution in [0.2, 0.25) is 0 Å². The number of benzene rings is 1. The summed E-state index contributed by atoms with van der Waals surface area (Å²) in [7, 11) is 1.69. The summed E-state index contributed by atoms with van der Waals surface area (Å²) in [6.45, 7) is 7.02. The highest BCUT2D eigenvalue weighted by atomic mass is 16.5. The van der Waals surface area contributed by atoms with Crippen molar-refractivity contribution in [1.29, 1.82) is 5.26 Å². The second-order valence-electron chi connectivity index (χ2n) is 12.4. The molecule has 7 rings (SSSR count). The normalized spacial score (nSPS) is 20.7. The summed E-state index contributed by atoms with van der Waals surface area (Å²) in [6, 6.07) is 17.0. The Balaban J connectivity index is 1.02. The second-order valence-corrected chi connectivity index (χ2v) is 12.4. The van der Waals surface area contributed by atoms with E-state index in [1.54, 1.807) is 17.8 Å². The van der Waals surface area contributed by atoms with E-state index in [9.17, 15) is 10.1 Å². The largest absolute Gasteiger partial charge is 0.497 e. The molecule has 2 aliphatic heterocycles. The smallest absolute Gasteiger partial charge is 0.138 e. The molecule has 1 aromatic carbocycles. The highest BCUT2D eigenvalue weighted by Gasteiger charge is 2.35.